The van der Waals surface area contributed by atoms with Gasteiger partial charge in [0.1, 0.15) is 5.52 Å². The van der Waals surface area contributed by atoms with Crippen LogP contribution in [0.5, 0.6) is 0 Å². The van der Waals surface area contributed by atoms with E-state index in [2.05, 4.69) is 35.4 Å². The Kier molecular flexibility index (Phi) is 4.91. The molecule has 0 bridgehead atoms. The fourth-order valence-electron chi connectivity index (χ4n) is 3.31. The molecule has 1 aliphatic carbocycles. The summed E-state index contributed by atoms with van der Waals surface area (Å²) in [6, 6.07) is 6.34. The van der Waals surface area contributed by atoms with Crippen LogP contribution in [0.25, 0.3) is 11.1 Å². The lowest BCUT2D eigenvalue weighted by Gasteiger charge is -2.20. The molecule has 114 valence electrons. The Morgan fingerprint density at radius 1 is 1.24 bits per heavy atom. The first-order valence-corrected chi connectivity index (χ1v) is 8.44. The molecule has 3 nitrogen and oxygen atoms in total. The Balaban J connectivity index is 1.63. The van der Waals surface area contributed by atoms with E-state index in [1.807, 2.05) is 0 Å². The highest BCUT2D eigenvalue weighted by molar-refractivity contribution is 5.73. The molecule has 1 saturated carbocycles. The van der Waals surface area contributed by atoms with Crippen LogP contribution in [-0.4, -0.2) is 11.5 Å². The van der Waals surface area contributed by atoms with Crippen LogP contribution >= 0.6 is 0 Å². The van der Waals surface area contributed by atoms with Crippen molar-refractivity contribution in [2.45, 2.75) is 58.4 Å². The van der Waals surface area contributed by atoms with Gasteiger partial charge in [-0.05, 0) is 36.6 Å². The predicted molar refractivity (Wildman–Crippen MR) is 86.3 cm³/mol. The fraction of sp³-hybridized carbons (Fsp3) is 0.611. The quantitative estimate of drug-likeness (QED) is 0.852. The number of hydrogen-bond donors (Lipinski definition) is 1. The average molecular weight is 286 g/mol. The first-order chi connectivity index (χ1) is 10.3. The van der Waals surface area contributed by atoms with Gasteiger partial charge in [0.05, 0.1) is 0 Å². The molecule has 0 unspecified atom stereocenters. The molecular formula is C18H26N2O. The third-order valence-corrected chi connectivity index (χ3v) is 4.57. The van der Waals surface area contributed by atoms with Gasteiger partial charge >= 0.3 is 0 Å². The number of fused-ring (bicyclic) bond motifs is 1. The molecule has 3 heteroatoms. The number of hydrogen-bond acceptors (Lipinski definition) is 3. The van der Waals surface area contributed by atoms with E-state index in [0.29, 0.717) is 0 Å². The minimum Gasteiger partial charge on any atom is -0.441 e. The van der Waals surface area contributed by atoms with Crippen LogP contribution in [0.15, 0.2) is 22.6 Å². The molecule has 1 aromatic heterocycles. The SMILES string of the molecule is CCNCc1ccc2nc(CCC3CCCCC3)oc2c1. The van der Waals surface area contributed by atoms with Gasteiger partial charge in [0.25, 0.3) is 0 Å². The second kappa shape index (κ2) is 7.08. The standard InChI is InChI=1S/C18H26N2O/c1-2-19-13-15-8-10-16-17(12-15)21-18(20-16)11-9-14-6-4-3-5-7-14/h8,10,12,14,19H,2-7,9,11,13H2,1H3. The van der Waals surface area contributed by atoms with Gasteiger partial charge in [-0.3, -0.25) is 0 Å². The number of nitrogens with one attached hydrogen (secondary N) is 1. The molecule has 1 heterocycles. The summed E-state index contributed by atoms with van der Waals surface area (Å²) in [6.07, 6.45) is 9.26. The molecule has 0 spiro atoms. The summed E-state index contributed by atoms with van der Waals surface area (Å²) >= 11 is 0. The highest BCUT2D eigenvalue weighted by Gasteiger charge is 2.15. The van der Waals surface area contributed by atoms with Crippen molar-refractivity contribution < 1.29 is 4.42 Å². The zero-order chi connectivity index (χ0) is 14.5. The third-order valence-electron chi connectivity index (χ3n) is 4.57. The van der Waals surface area contributed by atoms with Crippen molar-refractivity contribution in [3.8, 4) is 0 Å². The number of rotatable bonds is 6. The summed E-state index contributed by atoms with van der Waals surface area (Å²) in [5.41, 5.74) is 3.19. The molecule has 1 N–H and O–H groups in total. The van der Waals surface area contributed by atoms with Crippen molar-refractivity contribution in [2.75, 3.05) is 6.54 Å². The van der Waals surface area contributed by atoms with Crippen molar-refractivity contribution in [1.29, 1.82) is 0 Å². The maximum Gasteiger partial charge on any atom is 0.195 e. The van der Waals surface area contributed by atoms with E-state index >= 15 is 0 Å². The second-order valence-corrected chi connectivity index (χ2v) is 6.23. The number of nitrogens with zero attached hydrogens (tertiary/aromatic N) is 1. The topological polar surface area (TPSA) is 38.1 Å². The van der Waals surface area contributed by atoms with Gasteiger partial charge < -0.3 is 9.73 Å². The Hall–Kier alpha value is -1.35. The van der Waals surface area contributed by atoms with Gasteiger partial charge in [0.2, 0.25) is 0 Å². The molecule has 0 saturated heterocycles. The molecule has 21 heavy (non-hydrogen) atoms. The Labute approximate surface area is 127 Å². The minimum atomic E-state index is 0.887. The third kappa shape index (κ3) is 3.85. The van der Waals surface area contributed by atoms with Gasteiger partial charge in [0.15, 0.2) is 11.5 Å². The minimum absolute atomic E-state index is 0.887. The molecule has 3 rings (SSSR count). The maximum atomic E-state index is 5.94. The van der Waals surface area contributed by atoms with Crippen LogP contribution in [0, 0.1) is 5.92 Å². The summed E-state index contributed by atoms with van der Waals surface area (Å²) in [4.78, 5) is 4.63. The molecule has 2 aromatic rings. The lowest BCUT2D eigenvalue weighted by Crippen LogP contribution is -2.11. The normalized spacial score (nSPS) is 16.6. The number of oxazole rings is 1. The molecule has 0 atom stereocenters. The first-order valence-electron chi connectivity index (χ1n) is 8.44. The summed E-state index contributed by atoms with van der Waals surface area (Å²) < 4.78 is 5.94. The van der Waals surface area contributed by atoms with Crippen LogP contribution in [0.4, 0.5) is 0 Å². The zero-order valence-electron chi connectivity index (χ0n) is 13.0. The van der Waals surface area contributed by atoms with Crippen molar-refractivity contribution in [1.82, 2.24) is 10.3 Å². The maximum absolute atomic E-state index is 5.94. The van der Waals surface area contributed by atoms with Crippen LogP contribution in [0.2, 0.25) is 0 Å². The van der Waals surface area contributed by atoms with Crippen LogP contribution < -0.4 is 5.32 Å². The lowest BCUT2D eigenvalue weighted by atomic mass is 9.86. The molecule has 0 aliphatic heterocycles. The first kappa shape index (κ1) is 14.6. The monoisotopic (exact) mass is 286 g/mol. The largest absolute Gasteiger partial charge is 0.441 e. The summed E-state index contributed by atoms with van der Waals surface area (Å²) in [5, 5.41) is 3.34. The van der Waals surface area contributed by atoms with Gasteiger partial charge in [-0.2, -0.15) is 0 Å². The van der Waals surface area contributed by atoms with Gasteiger partial charge in [-0.15, -0.1) is 0 Å². The van der Waals surface area contributed by atoms with E-state index in [4.69, 9.17) is 4.42 Å². The summed E-state index contributed by atoms with van der Waals surface area (Å²) in [5.74, 6) is 1.80. The van der Waals surface area contributed by atoms with Crippen LogP contribution in [-0.2, 0) is 13.0 Å². The van der Waals surface area contributed by atoms with E-state index in [1.165, 1.54) is 44.1 Å². The van der Waals surface area contributed by atoms with Crippen LogP contribution in [0.1, 0.15) is 56.9 Å². The Morgan fingerprint density at radius 3 is 2.90 bits per heavy atom. The van der Waals surface area contributed by atoms with Crippen molar-refractivity contribution in [2.24, 2.45) is 5.92 Å². The summed E-state index contributed by atoms with van der Waals surface area (Å²) in [7, 11) is 0. The average Bonchev–Trinajstić information content (AvgIpc) is 2.94. The van der Waals surface area contributed by atoms with E-state index in [9.17, 15) is 0 Å². The van der Waals surface area contributed by atoms with E-state index < -0.39 is 0 Å². The van der Waals surface area contributed by atoms with Gasteiger partial charge in [-0.1, -0.05) is 45.1 Å². The molecular weight excluding hydrogens is 260 g/mol. The van der Waals surface area contributed by atoms with Gasteiger partial charge in [0, 0.05) is 13.0 Å². The smallest absolute Gasteiger partial charge is 0.195 e. The predicted octanol–water partition coefficient (Wildman–Crippen LogP) is 4.45. The molecule has 1 fully saturated rings. The Bertz CT molecular complexity index is 570. The highest BCUT2D eigenvalue weighted by Crippen LogP contribution is 2.28. The number of aromatic nitrogens is 1. The van der Waals surface area contributed by atoms with E-state index in [0.717, 1.165) is 42.4 Å². The fourth-order valence-corrected chi connectivity index (χ4v) is 3.31. The second-order valence-electron chi connectivity index (χ2n) is 6.23. The molecule has 0 radical (unpaired) electrons. The highest BCUT2D eigenvalue weighted by atomic mass is 16.3. The van der Waals surface area contributed by atoms with E-state index in [1.54, 1.807) is 0 Å². The molecule has 0 amide bonds. The van der Waals surface area contributed by atoms with Gasteiger partial charge in [-0.25, -0.2) is 4.98 Å². The lowest BCUT2D eigenvalue weighted by molar-refractivity contribution is 0.330. The Morgan fingerprint density at radius 2 is 2.10 bits per heavy atom. The van der Waals surface area contributed by atoms with Crippen molar-refractivity contribution >= 4 is 11.1 Å². The zero-order valence-corrected chi connectivity index (χ0v) is 13.0. The molecule has 1 aromatic carbocycles. The number of benzene rings is 1. The van der Waals surface area contributed by atoms with Crippen molar-refractivity contribution in [3.05, 3.63) is 29.7 Å². The summed E-state index contributed by atoms with van der Waals surface area (Å²) in [6.45, 7) is 4.00. The van der Waals surface area contributed by atoms with Crippen LogP contribution in [0.3, 0.4) is 0 Å². The van der Waals surface area contributed by atoms with Crippen molar-refractivity contribution in [3.63, 3.8) is 0 Å². The number of aryl methyl sites for hydroxylation is 1. The van der Waals surface area contributed by atoms with E-state index in [-0.39, 0.29) is 0 Å². The molecule has 1 aliphatic rings.